The number of hydrogen-bond acceptors (Lipinski definition) is 3. The molecule has 0 unspecified atom stereocenters. The summed E-state index contributed by atoms with van der Waals surface area (Å²) < 4.78 is 45.5. The molecular formula is C18H15F3N2O. The second-order valence-corrected chi connectivity index (χ2v) is 5.46. The number of rotatable bonds is 2. The third kappa shape index (κ3) is 2.75. The van der Waals surface area contributed by atoms with Crippen molar-refractivity contribution in [3.05, 3.63) is 53.6 Å². The maximum atomic E-state index is 13.5. The number of ether oxygens (including phenoxy) is 1. The molecule has 3 nitrogen and oxygen atoms in total. The predicted molar refractivity (Wildman–Crippen MR) is 87.9 cm³/mol. The number of benzene rings is 2. The Labute approximate surface area is 136 Å². The Morgan fingerprint density at radius 2 is 1.71 bits per heavy atom. The number of hydrogen-bond donors (Lipinski definition) is 1. The van der Waals surface area contributed by atoms with Gasteiger partial charge in [0, 0.05) is 16.6 Å². The van der Waals surface area contributed by atoms with Crippen LogP contribution in [-0.4, -0.2) is 12.1 Å². The summed E-state index contributed by atoms with van der Waals surface area (Å²) in [7, 11) is 1.52. The Bertz CT molecular complexity index is 903. The molecule has 2 N–H and O–H groups in total. The zero-order chi connectivity index (χ0) is 17.5. The van der Waals surface area contributed by atoms with Crippen LogP contribution >= 0.6 is 0 Å². The van der Waals surface area contributed by atoms with Gasteiger partial charge >= 0.3 is 6.18 Å². The summed E-state index contributed by atoms with van der Waals surface area (Å²) in [5, 5.41) is 0.0476. The molecular weight excluding hydrogens is 317 g/mol. The molecule has 0 radical (unpaired) electrons. The van der Waals surface area contributed by atoms with Crippen LogP contribution in [0.25, 0.3) is 22.2 Å². The van der Waals surface area contributed by atoms with E-state index < -0.39 is 11.7 Å². The molecule has 0 amide bonds. The summed E-state index contributed by atoms with van der Waals surface area (Å²) in [6.45, 7) is 1.67. The first kappa shape index (κ1) is 16.1. The Morgan fingerprint density at radius 1 is 1.04 bits per heavy atom. The SMILES string of the molecule is COc1ccc(-c2cc(C(F)(F)F)c3ccc(N)c(C)c3n2)cc1. The number of nitrogens with zero attached hydrogens (tertiary/aromatic N) is 1. The van der Waals surface area contributed by atoms with E-state index in [1.54, 1.807) is 31.2 Å². The monoisotopic (exact) mass is 332 g/mol. The van der Waals surface area contributed by atoms with Crippen molar-refractivity contribution in [1.82, 2.24) is 4.98 Å². The molecule has 0 fully saturated rings. The first-order valence-electron chi connectivity index (χ1n) is 7.22. The second kappa shape index (κ2) is 5.70. The van der Waals surface area contributed by atoms with Crippen LogP contribution in [0.5, 0.6) is 5.75 Å². The van der Waals surface area contributed by atoms with Gasteiger partial charge in [-0.25, -0.2) is 4.98 Å². The van der Waals surface area contributed by atoms with E-state index in [-0.39, 0.29) is 16.6 Å². The molecule has 0 saturated carbocycles. The molecule has 0 saturated heterocycles. The number of anilines is 1. The van der Waals surface area contributed by atoms with Gasteiger partial charge in [0.15, 0.2) is 0 Å². The van der Waals surface area contributed by atoms with E-state index in [4.69, 9.17) is 10.5 Å². The molecule has 1 heterocycles. The Hall–Kier alpha value is -2.76. The minimum atomic E-state index is -4.48. The summed E-state index contributed by atoms with van der Waals surface area (Å²) in [6, 6.07) is 10.6. The normalized spacial score (nSPS) is 11.7. The molecule has 3 aromatic rings. The minimum absolute atomic E-state index is 0.0476. The third-order valence-corrected chi connectivity index (χ3v) is 3.97. The van der Waals surface area contributed by atoms with Crippen molar-refractivity contribution in [2.24, 2.45) is 0 Å². The lowest BCUT2D eigenvalue weighted by Gasteiger charge is -2.15. The van der Waals surface area contributed by atoms with Crippen LogP contribution in [-0.2, 0) is 6.18 Å². The van der Waals surface area contributed by atoms with Gasteiger partial charge in [0.2, 0.25) is 0 Å². The van der Waals surface area contributed by atoms with Gasteiger partial charge in [-0.3, -0.25) is 0 Å². The van der Waals surface area contributed by atoms with Crippen LogP contribution in [0.2, 0.25) is 0 Å². The number of fused-ring (bicyclic) bond motifs is 1. The molecule has 0 bridgehead atoms. The quantitative estimate of drug-likeness (QED) is 0.685. The molecule has 6 heteroatoms. The summed E-state index contributed by atoms with van der Waals surface area (Å²) in [5.41, 5.74) is 7.14. The summed E-state index contributed by atoms with van der Waals surface area (Å²) >= 11 is 0. The van der Waals surface area contributed by atoms with E-state index in [9.17, 15) is 13.2 Å². The summed E-state index contributed by atoms with van der Waals surface area (Å²) in [6.07, 6.45) is -4.48. The molecule has 0 aliphatic rings. The van der Waals surface area contributed by atoms with Gasteiger partial charge in [-0.1, -0.05) is 6.07 Å². The van der Waals surface area contributed by atoms with E-state index in [1.807, 2.05) is 0 Å². The smallest absolute Gasteiger partial charge is 0.417 e. The van der Waals surface area contributed by atoms with Crippen LogP contribution in [0, 0.1) is 6.92 Å². The highest BCUT2D eigenvalue weighted by Gasteiger charge is 2.34. The molecule has 0 spiro atoms. The number of nitrogens with two attached hydrogens (primary N) is 1. The number of aromatic nitrogens is 1. The van der Waals surface area contributed by atoms with E-state index in [1.165, 1.54) is 19.2 Å². The molecule has 0 aliphatic heterocycles. The van der Waals surface area contributed by atoms with Crippen molar-refractivity contribution in [3.8, 4) is 17.0 Å². The van der Waals surface area contributed by atoms with Crippen LogP contribution in [0.4, 0.5) is 18.9 Å². The van der Waals surface area contributed by atoms with Crippen LogP contribution in [0.15, 0.2) is 42.5 Å². The third-order valence-electron chi connectivity index (χ3n) is 3.97. The lowest BCUT2D eigenvalue weighted by atomic mass is 10.0. The molecule has 24 heavy (non-hydrogen) atoms. The Morgan fingerprint density at radius 3 is 2.29 bits per heavy atom. The first-order chi connectivity index (χ1) is 11.3. The number of alkyl halides is 3. The van der Waals surface area contributed by atoms with Gasteiger partial charge in [0.1, 0.15) is 5.75 Å². The topological polar surface area (TPSA) is 48.1 Å². The van der Waals surface area contributed by atoms with Crippen molar-refractivity contribution in [1.29, 1.82) is 0 Å². The maximum Gasteiger partial charge on any atom is 0.417 e. The molecule has 2 aromatic carbocycles. The van der Waals surface area contributed by atoms with E-state index in [2.05, 4.69) is 4.98 Å². The van der Waals surface area contributed by atoms with Gasteiger partial charge in [-0.05, 0) is 48.9 Å². The van der Waals surface area contributed by atoms with E-state index >= 15 is 0 Å². The molecule has 124 valence electrons. The van der Waals surface area contributed by atoms with Gasteiger partial charge in [0.25, 0.3) is 0 Å². The molecule has 3 rings (SSSR count). The van der Waals surface area contributed by atoms with Gasteiger partial charge in [0.05, 0.1) is 23.9 Å². The molecule has 0 atom stereocenters. The van der Waals surface area contributed by atoms with Crippen LogP contribution in [0.1, 0.15) is 11.1 Å². The molecule has 1 aromatic heterocycles. The lowest BCUT2D eigenvalue weighted by Crippen LogP contribution is -2.08. The fourth-order valence-corrected chi connectivity index (χ4v) is 2.59. The lowest BCUT2D eigenvalue weighted by molar-refractivity contribution is -0.136. The fraction of sp³-hybridized carbons (Fsp3) is 0.167. The highest BCUT2D eigenvalue weighted by atomic mass is 19.4. The van der Waals surface area contributed by atoms with Crippen molar-refractivity contribution in [3.63, 3.8) is 0 Å². The average Bonchev–Trinajstić information content (AvgIpc) is 2.56. The highest BCUT2D eigenvalue weighted by molar-refractivity contribution is 5.91. The zero-order valence-electron chi connectivity index (χ0n) is 13.1. The van der Waals surface area contributed by atoms with E-state index in [0.717, 1.165) is 6.07 Å². The summed E-state index contributed by atoms with van der Waals surface area (Å²) in [4.78, 5) is 4.41. The largest absolute Gasteiger partial charge is 0.497 e. The number of pyridine rings is 1. The molecule has 0 aliphatic carbocycles. The highest BCUT2D eigenvalue weighted by Crippen LogP contribution is 2.38. The zero-order valence-corrected chi connectivity index (χ0v) is 13.1. The second-order valence-electron chi connectivity index (χ2n) is 5.46. The number of aryl methyl sites for hydroxylation is 1. The minimum Gasteiger partial charge on any atom is -0.497 e. The number of methoxy groups -OCH3 is 1. The first-order valence-corrected chi connectivity index (χ1v) is 7.22. The van der Waals surface area contributed by atoms with E-state index in [0.29, 0.717) is 22.6 Å². The maximum absolute atomic E-state index is 13.5. The van der Waals surface area contributed by atoms with Crippen molar-refractivity contribution in [2.75, 3.05) is 12.8 Å². The van der Waals surface area contributed by atoms with Gasteiger partial charge < -0.3 is 10.5 Å². The number of halogens is 3. The Kier molecular flexibility index (Phi) is 3.83. The van der Waals surface area contributed by atoms with Crippen molar-refractivity contribution < 1.29 is 17.9 Å². The predicted octanol–water partition coefficient (Wildman–Crippen LogP) is 4.82. The summed E-state index contributed by atoms with van der Waals surface area (Å²) in [5.74, 6) is 0.621. The number of nitrogen functional groups attached to an aromatic ring is 1. The van der Waals surface area contributed by atoms with Gasteiger partial charge in [-0.15, -0.1) is 0 Å². The van der Waals surface area contributed by atoms with Crippen LogP contribution in [0.3, 0.4) is 0 Å². The van der Waals surface area contributed by atoms with Gasteiger partial charge in [-0.2, -0.15) is 13.2 Å². The fourth-order valence-electron chi connectivity index (χ4n) is 2.59. The Balaban J connectivity index is 2.30. The standard InChI is InChI=1S/C18H15F3N2O/c1-10-15(22)8-7-13-14(18(19,20)21)9-16(23-17(10)13)11-3-5-12(24-2)6-4-11/h3-9H,22H2,1-2H3. The van der Waals surface area contributed by atoms with Crippen molar-refractivity contribution >= 4 is 16.6 Å². The van der Waals surface area contributed by atoms with Crippen molar-refractivity contribution in [2.45, 2.75) is 13.1 Å². The van der Waals surface area contributed by atoms with Crippen LogP contribution < -0.4 is 10.5 Å². The average molecular weight is 332 g/mol.